The van der Waals surface area contributed by atoms with Crippen LogP contribution in [0.25, 0.3) is 11.1 Å². The second kappa shape index (κ2) is 2.66. The van der Waals surface area contributed by atoms with Crippen molar-refractivity contribution in [1.29, 1.82) is 0 Å². The van der Waals surface area contributed by atoms with E-state index in [0.717, 1.165) is 22.0 Å². The van der Waals surface area contributed by atoms with Gasteiger partial charge in [-0.2, -0.15) is 0 Å². The summed E-state index contributed by atoms with van der Waals surface area (Å²) >= 11 is 3.38. The van der Waals surface area contributed by atoms with Gasteiger partial charge in [-0.1, -0.05) is 28.1 Å². The first-order valence-electron chi connectivity index (χ1n) is 3.29. The number of aromatic nitrogens is 1. The Morgan fingerprint density at radius 2 is 2.36 bits per heavy atom. The molecule has 2 rings (SSSR count). The molecule has 2 nitrogen and oxygen atoms in total. The number of hydrogen-bond donors (Lipinski definition) is 0. The monoisotopic (exact) mass is 211 g/mol. The molecule has 56 valence electrons. The van der Waals surface area contributed by atoms with Gasteiger partial charge in [-0.15, -0.1) is 0 Å². The standard InChI is InChI=1S/C8H6BrNO/c9-4-6-2-1-3-7-8(6)10-5-11-7/h1-3,5H,4H2. The maximum atomic E-state index is 5.13. The lowest BCUT2D eigenvalue weighted by Crippen LogP contribution is -1.78. The third kappa shape index (κ3) is 1.05. The van der Waals surface area contributed by atoms with E-state index in [0.29, 0.717) is 0 Å². The third-order valence-electron chi connectivity index (χ3n) is 1.59. The number of halogens is 1. The highest BCUT2D eigenvalue weighted by atomic mass is 79.9. The third-order valence-corrected chi connectivity index (χ3v) is 2.19. The zero-order valence-electron chi connectivity index (χ0n) is 5.75. The summed E-state index contributed by atoms with van der Waals surface area (Å²) in [5.74, 6) is 0. The summed E-state index contributed by atoms with van der Waals surface area (Å²) in [5, 5.41) is 0.816. The first-order chi connectivity index (χ1) is 5.42. The van der Waals surface area contributed by atoms with E-state index in [1.54, 1.807) is 0 Å². The Balaban J connectivity index is 2.79. The molecule has 0 aliphatic rings. The molecule has 0 aliphatic heterocycles. The summed E-state index contributed by atoms with van der Waals surface area (Å²) in [6.45, 7) is 0. The average molecular weight is 212 g/mol. The molecule has 0 amide bonds. The Morgan fingerprint density at radius 3 is 3.18 bits per heavy atom. The molecule has 1 aromatic heterocycles. The number of para-hydroxylation sites is 1. The van der Waals surface area contributed by atoms with Crippen molar-refractivity contribution in [3.05, 3.63) is 30.2 Å². The Kier molecular flexibility index (Phi) is 1.66. The smallest absolute Gasteiger partial charge is 0.181 e. The van der Waals surface area contributed by atoms with Crippen molar-refractivity contribution in [2.75, 3.05) is 0 Å². The number of nitrogens with zero attached hydrogens (tertiary/aromatic N) is 1. The summed E-state index contributed by atoms with van der Waals surface area (Å²) in [6, 6.07) is 5.90. The van der Waals surface area contributed by atoms with Crippen LogP contribution in [-0.4, -0.2) is 4.98 Å². The quantitative estimate of drug-likeness (QED) is 0.679. The van der Waals surface area contributed by atoms with Crippen molar-refractivity contribution in [1.82, 2.24) is 4.98 Å². The first-order valence-corrected chi connectivity index (χ1v) is 4.41. The van der Waals surface area contributed by atoms with Gasteiger partial charge in [-0.05, 0) is 11.6 Å². The van der Waals surface area contributed by atoms with E-state index >= 15 is 0 Å². The largest absolute Gasteiger partial charge is 0.443 e. The second-order valence-corrected chi connectivity index (χ2v) is 2.81. The molecular formula is C8H6BrNO. The Morgan fingerprint density at radius 1 is 1.45 bits per heavy atom. The van der Waals surface area contributed by atoms with Crippen molar-refractivity contribution in [2.24, 2.45) is 0 Å². The highest BCUT2D eigenvalue weighted by molar-refractivity contribution is 9.08. The fourth-order valence-corrected chi connectivity index (χ4v) is 1.51. The van der Waals surface area contributed by atoms with Gasteiger partial charge in [0.2, 0.25) is 0 Å². The first kappa shape index (κ1) is 6.85. The van der Waals surface area contributed by atoms with Crippen LogP contribution in [0.4, 0.5) is 0 Å². The van der Waals surface area contributed by atoms with E-state index in [1.165, 1.54) is 6.39 Å². The van der Waals surface area contributed by atoms with E-state index in [-0.39, 0.29) is 0 Å². The molecule has 0 radical (unpaired) electrons. The summed E-state index contributed by atoms with van der Waals surface area (Å²) in [7, 11) is 0. The van der Waals surface area contributed by atoms with E-state index in [2.05, 4.69) is 20.9 Å². The van der Waals surface area contributed by atoms with E-state index < -0.39 is 0 Å². The lowest BCUT2D eigenvalue weighted by atomic mass is 10.2. The van der Waals surface area contributed by atoms with Crippen molar-refractivity contribution < 1.29 is 4.42 Å². The predicted molar refractivity (Wildman–Crippen MR) is 46.6 cm³/mol. The van der Waals surface area contributed by atoms with Gasteiger partial charge in [-0.3, -0.25) is 0 Å². The van der Waals surface area contributed by atoms with Crippen LogP contribution >= 0.6 is 15.9 Å². The van der Waals surface area contributed by atoms with Gasteiger partial charge in [0.05, 0.1) is 0 Å². The molecule has 0 fully saturated rings. The highest BCUT2D eigenvalue weighted by Crippen LogP contribution is 2.18. The molecule has 0 aliphatic carbocycles. The van der Waals surface area contributed by atoms with Crippen LogP contribution in [-0.2, 0) is 5.33 Å². The maximum Gasteiger partial charge on any atom is 0.181 e. The number of fused-ring (bicyclic) bond motifs is 1. The minimum Gasteiger partial charge on any atom is -0.443 e. The molecule has 2 aromatic rings. The van der Waals surface area contributed by atoms with Crippen LogP contribution in [0.5, 0.6) is 0 Å². The Hall–Kier alpha value is -0.830. The number of benzene rings is 1. The van der Waals surface area contributed by atoms with Crippen molar-refractivity contribution in [2.45, 2.75) is 5.33 Å². The molecule has 1 heterocycles. The lowest BCUT2D eigenvalue weighted by molar-refractivity contribution is 0.602. The van der Waals surface area contributed by atoms with Crippen molar-refractivity contribution in [3.8, 4) is 0 Å². The number of hydrogen-bond acceptors (Lipinski definition) is 2. The van der Waals surface area contributed by atoms with Crippen LogP contribution in [0.1, 0.15) is 5.56 Å². The van der Waals surface area contributed by atoms with Gasteiger partial charge in [0, 0.05) is 5.33 Å². The van der Waals surface area contributed by atoms with E-state index in [1.807, 2.05) is 18.2 Å². The molecule has 0 bridgehead atoms. The molecule has 1 aromatic carbocycles. The number of oxazole rings is 1. The summed E-state index contributed by atoms with van der Waals surface area (Å²) in [4.78, 5) is 4.09. The molecule has 0 saturated carbocycles. The highest BCUT2D eigenvalue weighted by Gasteiger charge is 2.01. The molecule has 3 heteroatoms. The summed E-state index contributed by atoms with van der Waals surface area (Å²) in [5.41, 5.74) is 2.96. The average Bonchev–Trinajstić information content (AvgIpc) is 2.50. The van der Waals surface area contributed by atoms with E-state index in [4.69, 9.17) is 4.42 Å². The SMILES string of the molecule is BrCc1cccc2ocnc12. The van der Waals surface area contributed by atoms with Crippen molar-refractivity contribution in [3.63, 3.8) is 0 Å². The van der Waals surface area contributed by atoms with Gasteiger partial charge < -0.3 is 4.42 Å². The van der Waals surface area contributed by atoms with Crippen molar-refractivity contribution >= 4 is 27.0 Å². The van der Waals surface area contributed by atoms with Crippen LogP contribution in [0.15, 0.2) is 29.0 Å². The normalized spacial score (nSPS) is 10.6. The van der Waals surface area contributed by atoms with Gasteiger partial charge >= 0.3 is 0 Å². The molecule has 0 spiro atoms. The zero-order chi connectivity index (χ0) is 7.68. The molecule has 0 unspecified atom stereocenters. The minimum absolute atomic E-state index is 0.816. The van der Waals surface area contributed by atoms with Crippen LogP contribution < -0.4 is 0 Å². The zero-order valence-corrected chi connectivity index (χ0v) is 7.34. The molecular weight excluding hydrogens is 206 g/mol. The Bertz CT molecular complexity index is 369. The van der Waals surface area contributed by atoms with Crippen LogP contribution in [0, 0.1) is 0 Å². The maximum absolute atomic E-state index is 5.13. The fraction of sp³-hybridized carbons (Fsp3) is 0.125. The Labute approximate surface area is 72.4 Å². The molecule has 11 heavy (non-hydrogen) atoms. The predicted octanol–water partition coefficient (Wildman–Crippen LogP) is 2.72. The minimum atomic E-state index is 0.816. The van der Waals surface area contributed by atoms with Gasteiger partial charge in [0.25, 0.3) is 0 Å². The molecule has 0 atom stereocenters. The summed E-state index contributed by atoms with van der Waals surface area (Å²) in [6.07, 6.45) is 1.47. The van der Waals surface area contributed by atoms with Gasteiger partial charge in [0.15, 0.2) is 12.0 Å². The molecule has 0 N–H and O–H groups in total. The van der Waals surface area contributed by atoms with Crippen LogP contribution in [0.2, 0.25) is 0 Å². The number of alkyl halides is 1. The topological polar surface area (TPSA) is 26.0 Å². The van der Waals surface area contributed by atoms with E-state index in [9.17, 15) is 0 Å². The molecule has 0 saturated heterocycles. The van der Waals surface area contributed by atoms with Gasteiger partial charge in [0.1, 0.15) is 5.52 Å². The fourth-order valence-electron chi connectivity index (χ4n) is 1.05. The van der Waals surface area contributed by atoms with Crippen LogP contribution in [0.3, 0.4) is 0 Å². The number of rotatable bonds is 1. The summed E-state index contributed by atoms with van der Waals surface area (Å²) < 4.78 is 5.13. The second-order valence-electron chi connectivity index (χ2n) is 2.25. The lowest BCUT2D eigenvalue weighted by Gasteiger charge is -1.92. The van der Waals surface area contributed by atoms with Gasteiger partial charge in [-0.25, -0.2) is 4.98 Å².